The predicted molar refractivity (Wildman–Crippen MR) is 216 cm³/mol. The minimum atomic E-state index is -0.364. The highest BCUT2D eigenvalue weighted by Gasteiger charge is 2.38. The van der Waals surface area contributed by atoms with Gasteiger partial charge in [0.25, 0.3) is 0 Å². The summed E-state index contributed by atoms with van der Waals surface area (Å²) in [7, 11) is 7.79. The third kappa shape index (κ3) is 7.37. The number of likely N-dealkylation sites (N-methyl/N-ethyl adjacent to an activating group) is 2. The average molecular weight is 749 g/mol. The summed E-state index contributed by atoms with van der Waals surface area (Å²) in [5.41, 5.74) is 6.99. The van der Waals surface area contributed by atoms with Crippen molar-refractivity contribution in [1.29, 1.82) is 0 Å². The normalized spacial score (nSPS) is 18.2. The quantitative estimate of drug-likeness (QED) is 0.147. The zero-order valence-electron chi connectivity index (χ0n) is 32.3. The summed E-state index contributed by atoms with van der Waals surface area (Å²) in [5, 5.41) is 0. The number of hydrogen-bond acceptors (Lipinski definition) is 8. The van der Waals surface area contributed by atoms with Crippen molar-refractivity contribution >= 4 is 11.8 Å². The number of imidazole rings is 2. The van der Waals surface area contributed by atoms with Crippen molar-refractivity contribution in [2.45, 2.75) is 49.9 Å². The van der Waals surface area contributed by atoms with Crippen LogP contribution in [0, 0.1) is 0 Å². The average Bonchev–Trinajstić information content (AvgIpc) is 4.06. The zero-order chi connectivity index (χ0) is 38.8. The highest BCUT2D eigenvalue weighted by molar-refractivity contribution is 5.84. The van der Waals surface area contributed by atoms with E-state index in [2.05, 4.69) is 9.97 Å². The molecule has 2 fully saturated rings. The number of amides is 2. The van der Waals surface area contributed by atoms with Gasteiger partial charge < -0.3 is 19.8 Å². The van der Waals surface area contributed by atoms with Gasteiger partial charge in [-0.1, -0.05) is 84.9 Å². The molecule has 3 aromatic carbocycles. The molecule has 8 rings (SSSR count). The second-order valence-corrected chi connectivity index (χ2v) is 15.2. The van der Waals surface area contributed by atoms with Crippen LogP contribution < -0.4 is 0 Å². The van der Waals surface area contributed by atoms with Crippen LogP contribution in [-0.2, 0) is 9.59 Å². The number of aromatic nitrogens is 6. The SMILES string of the molecule is CN(C)[C@@H](C(=O)N1CCC[C@@H]1c1ncc(-c2ccc(-c3cnc(-c4cnc([C@H]5CCCN5C(=O)[C@@H](c5ccccc5)N(C)C)[nH]4)cn3)cc2)[nH]1)c1ccccc1. The smallest absolute Gasteiger partial charge is 0.245 e. The summed E-state index contributed by atoms with van der Waals surface area (Å²) < 4.78 is 0. The minimum Gasteiger partial charge on any atom is -0.340 e. The van der Waals surface area contributed by atoms with Gasteiger partial charge in [0.1, 0.15) is 29.4 Å². The fraction of sp³-hybridized carbons (Fsp3) is 0.318. The van der Waals surface area contributed by atoms with Crippen molar-refractivity contribution in [2.24, 2.45) is 0 Å². The van der Waals surface area contributed by atoms with E-state index in [9.17, 15) is 9.59 Å². The van der Waals surface area contributed by atoms with Crippen LogP contribution in [0.15, 0.2) is 110 Å². The molecule has 0 aliphatic carbocycles. The number of nitrogens with zero attached hydrogens (tertiary/aromatic N) is 8. The Labute approximate surface area is 327 Å². The van der Waals surface area contributed by atoms with E-state index in [4.69, 9.17) is 19.9 Å². The van der Waals surface area contributed by atoms with Crippen LogP contribution in [0.1, 0.15) is 72.6 Å². The van der Waals surface area contributed by atoms with Crippen molar-refractivity contribution in [2.75, 3.05) is 41.3 Å². The second-order valence-electron chi connectivity index (χ2n) is 15.2. The lowest BCUT2D eigenvalue weighted by Crippen LogP contribution is -2.40. The highest BCUT2D eigenvalue weighted by atomic mass is 16.2. The number of benzene rings is 3. The summed E-state index contributed by atoms with van der Waals surface area (Å²) in [6, 6.07) is 27.1. The molecular formula is C44H48N10O2. The second kappa shape index (κ2) is 16.0. The van der Waals surface area contributed by atoms with Crippen LogP contribution in [0.4, 0.5) is 0 Å². The van der Waals surface area contributed by atoms with E-state index >= 15 is 0 Å². The Kier molecular flexibility index (Phi) is 10.6. The van der Waals surface area contributed by atoms with Gasteiger partial charge in [-0.2, -0.15) is 0 Å². The van der Waals surface area contributed by atoms with Gasteiger partial charge in [-0.3, -0.25) is 29.4 Å². The van der Waals surface area contributed by atoms with Crippen LogP contribution in [-0.4, -0.2) is 103 Å². The molecule has 0 radical (unpaired) electrons. The molecular weight excluding hydrogens is 701 g/mol. The summed E-state index contributed by atoms with van der Waals surface area (Å²) in [6.45, 7) is 1.40. The number of likely N-dealkylation sites (tertiary alicyclic amines) is 2. The number of carbonyl (C=O) groups is 2. The number of carbonyl (C=O) groups excluding carboxylic acids is 2. The first-order valence-corrected chi connectivity index (χ1v) is 19.3. The molecule has 0 spiro atoms. The first kappa shape index (κ1) is 37.0. The molecule has 2 saturated heterocycles. The fourth-order valence-electron chi connectivity index (χ4n) is 8.26. The van der Waals surface area contributed by atoms with Gasteiger partial charge in [-0.15, -0.1) is 0 Å². The van der Waals surface area contributed by atoms with Gasteiger partial charge in [0.05, 0.1) is 54.0 Å². The van der Waals surface area contributed by atoms with Gasteiger partial charge in [0, 0.05) is 18.7 Å². The van der Waals surface area contributed by atoms with Crippen molar-refractivity contribution in [3.05, 3.63) is 132 Å². The number of aromatic amines is 2. The van der Waals surface area contributed by atoms with Gasteiger partial charge in [-0.25, -0.2) is 9.97 Å². The predicted octanol–water partition coefficient (Wildman–Crippen LogP) is 6.86. The van der Waals surface area contributed by atoms with E-state index in [0.717, 1.165) is 76.7 Å². The Morgan fingerprint density at radius 3 is 1.50 bits per heavy atom. The molecule has 4 atom stereocenters. The molecule has 0 saturated carbocycles. The Morgan fingerprint density at radius 1 is 0.571 bits per heavy atom. The van der Waals surface area contributed by atoms with E-state index in [-0.39, 0.29) is 36.0 Å². The first-order valence-electron chi connectivity index (χ1n) is 19.3. The molecule has 2 aliphatic rings. The minimum absolute atomic E-state index is 0.0783. The lowest BCUT2D eigenvalue weighted by atomic mass is 10.0. The third-order valence-electron chi connectivity index (χ3n) is 11.0. The molecule has 12 nitrogen and oxygen atoms in total. The number of rotatable bonds is 11. The molecule has 0 unspecified atom stereocenters. The standard InChI is InChI=1S/C44H48N10O2/c1-51(2)39(31-13-7-5-8-14-31)43(55)53-23-11-17-37(53)41-47-26-34(49-41)30-21-19-29(20-22-30)33-25-46-35(27-45-33)36-28-48-42(50-36)38-18-12-24-54(38)44(56)40(52(3)4)32-15-9-6-10-16-32/h5-10,13-16,19-22,25-28,37-40H,11-12,17-18,23-24H2,1-4H3,(H,47,49)(H,48,50)/t37-,38-,39-,40-/m1/s1. The summed E-state index contributed by atoms with van der Waals surface area (Å²) in [6.07, 6.45) is 10.7. The van der Waals surface area contributed by atoms with Crippen LogP contribution in [0.5, 0.6) is 0 Å². The molecule has 2 N–H and O–H groups in total. The maximum absolute atomic E-state index is 13.9. The maximum atomic E-state index is 13.9. The number of hydrogen-bond donors (Lipinski definition) is 2. The first-order chi connectivity index (χ1) is 27.3. The van der Waals surface area contributed by atoms with E-state index in [0.29, 0.717) is 18.8 Å². The third-order valence-corrected chi connectivity index (χ3v) is 11.0. The largest absolute Gasteiger partial charge is 0.340 e. The highest BCUT2D eigenvalue weighted by Crippen LogP contribution is 2.37. The maximum Gasteiger partial charge on any atom is 0.245 e. The summed E-state index contributed by atoms with van der Waals surface area (Å²) in [4.78, 5) is 61.6. The molecule has 0 bridgehead atoms. The van der Waals surface area contributed by atoms with E-state index in [1.807, 2.05) is 139 Å². The number of H-pyrrole nitrogens is 2. The van der Waals surface area contributed by atoms with Gasteiger partial charge in [0.2, 0.25) is 11.8 Å². The molecule has 2 amide bonds. The van der Waals surface area contributed by atoms with Gasteiger partial charge in [0.15, 0.2) is 0 Å². The monoisotopic (exact) mass is 748 g/mol. The molecule has 5 heterocycles. The molecule has 12 heteroatoms. The Morgan fingerprint density at radius 2 is 1.02 bits per heavy atom. The Hall–Kier alpha value is -5.98. The van der Waals surface area contributed by atoms with Crippen LogP contribution in [0.25, 0.3) is 33.9 Å². The van der Waals surface area contributed by atoms with Gasteiger partial charge >= 0.3 is 0 Å². The topological polar surface area (TPSA) is 130 Å². The van der Waals surface area contributed by atoms with Crippen molar-refractivity contribution in [1.82, 2.24) is 49.5 Å². The van der Waals surface area contributed by atoms with Crippen LogP contribution in [0.3, 0.4) is 0 Å². The Bertz CT molecular complexity index is 2090. The number of nitrogens with one attached hydrogen (secondary N) is 2. The van der Waals surface area contributed by atoms with E-state index < -0.39 is 0 Å². The zero-order valence-corrected chi connectivity index (χ0v) is 32.3. The lowest BCUT2D eigenvalue weighted by molar-refractivity contribution is -0.138. The van der Waals surface area contributed by atoms with Crippen LogP contribution >= 0.6 is 0 Å². The molecule has 3 aromatic heterocycles. The van der Waals surface area contributed by atoms with Crippen molar-refractivity contribution in [3.8, 4) is 33.9 Å². The lowest BCUT2D eigenvalue weighted by Gasteiger charge is -2.31. The summed E-state index contributed by atoms with van der Waals surface area (Å²) >= 11 is 0. The molecule has 286 valence electrons. The van der Waals surface area contributed by atoms with E-state index in [1.54, 1.807) is 18.6 Å². The van der Waals surface area contributed by atoms with Crippen molar-refractivity contribution < 1.29 is 9.59 Å². The van der Waals surface area contributed by atoms with Crippen molar-refractivity contribution in [3.63, 3.8) is 0 Å². The van der Waals surface area contributed by atoms with Gasteiger partial charge in [-0.05, 0) is 70.6 Å². The van der Waals surface area contributed by atoms with Crippen LogP contribution in [0.2, 0.25) is 0 Å². The Balaban J connectivity index is 0.930. The summed E-state index contributed by atoms with van der Waals surface area (Å²) in [5.74, 6) is 1.74. The fourth-order valence-corrected chi connectivity index (χ4v) is 8.26. The molecule has 6 aromatic rings. The molecule has 2 aliphatic heterocycles. The molecule has 56 heavy (non-hydrogen) atoms. The van der Waals surface area contributed by atoms with E-state index in [1.165, 1.54) is 0 Å².